The number of benzene rings is 3. The van der Waals surface area contributed by atoms with Crippen molar-refractivity contribution in [1.29, 1.82) is 0 Å². The molecule has 0 fully saturated rings. The number of nitrogens with one attached hydrogen (secondary N) is 3. The molecule has 0 radical (unpaired) electrons. The van der Waals surface area contributed by atoms with Crippen molar-refractivity contribution in [1.82, 2.24) is 5.32 Å². The third-order valence-electron chi connectivity index (χ3n) is 4.36. The van der Waals surface area contributed by atoms with Gasteiger partial charge in [0.1, 0.15) is 17.5 Å². The van der Waals surface area contributed by atoms with Gasteiger partial charge in [-0.05, 0) is 48.5 Å². The van der Waals surface area contributed by atoms with Gasteiger partial charge in [-0.15, -0.1) is 0 Å². The molecule has 0 spiro atoms. The molecule has 7 heteroatoms. The van der Waals surface area contributed by atoms with Crippen molar-refractivity contribution in [3.05, 3.63) is 84.9 Å². The Kier molecular flexibility index (Phi) is 5.70. The second kappa shape index (κ2) is 8.91. The van der Waals surface area contributed by atoms with Gasteiger partial charge in [0.15, 0.2) is 0 Å². The first-order chi connectivity index (χ1) is 14.7. The van der Waals surface area contributed by atoms with Gasteiger partial charge in [0.2, 0.25) is 11.9 Å². The summed E-state index contributed by atoms with van der Waals surface area (Å²) in [6.45, 7) is 0. The molecule has 1 heterocycles. The number of guanidine groups is 1. The van der Waals surface area contributed by atoms with Crippen molar-refractivity contribution in [3.63, 3.8) is 0 Å². The van der Waals surface area contributed by atoms with E-state index in [2.05, 4.69) is 20.9 Å². The van der Waals surface area contributed by atoms with Gasteiger partial charge in [-0.25, -0.2) is 4.99 Å². The Balaban J connectivity index is 1.33. The summed E-state index contributed by atoms with van der Waals surface area (Å²) in [6, 6.07) is 25.1. The molecule has 3 aromatic carbocycles. The van der Waals surface area contributed by atoms with Crippen LogP contribution in [-0.2, 0) is 9.59 Å². The van der Waals surface area contributed by atoms with E-state index in [-0.39, 0.29) is 18.2 Å². The molecule has 0 bridgehead atoms. The number of para-hydroxylation sites is 2. The summed E-state index contributed by atoms with van der Waals surface area (Å²) in [5, 5.41) is 8.47. The average molecular weight is 400 g/mol. The molecule has 3 aromatic rings. The van der Waals surface area contributed by atoms with E-state index in [0.29, 0.717) is 17.4 Å². The van der Waals surface area contributed by atoms with Crippen LogP contribution in [0.2, 0.25) is 0 Å². The van der Waals surface area contributed by atoms with E-state index in [1.807, 2.05) is 72.8 Å². The van der Waals surface area contributed by atoms with Crippen molar-refractivity contribution >= 4 is 29.1 Å². The van der Waals surface area contributed by atoms with Gasteiger partial charge in [-0.2, -0.15) is 0 Å². The van der Waals surface area contributed by atoms with Gasteiger partial charge in [-0.1, -0.05) is 36.4 Å². The summed E-state index contributed by atoms with van der Waals surface area (Å²) in [5.41, 5.74) is 1.42. The molecule has 0 unspecified atom stereocenters. The normalized spacial score (nSPS) is 15.1. The molecule has 2 amide bonds. The molecule has 1 aliphatic heterocycles. The van der Waals surface area contributed by atoms with Crippen LogP contribution in [0.5, 0.6) is 11.5 Å². The SMILES string of the molecule is O=C(C[C@H]1N=C(Nc2ccc(Oc3ccccc3)cc2)NC1=O)Nc1ccccc1. The number of anilines is 2. The third-order valence-corrected chi connectivity index (χ3v) is 4.36. The molecular formula is C23H20N4O3. The van der Waals surface area contributed by atoms with E-state index in [0.717, 1.165) is 11.4 Å². The Morgan fingerprint density at radius 1 is 0.867 bits per heavy atom. The predicted octanol–water partition coefficient (Wildman–Crippen LogP) is 3.77. The molecule has 0 aromatic heterocycles. The quantitative estimate of drug-likeness (QED) is 0.587. The zero-order chi connectivity index (χ0) is 20.8. The lowest BCUT2D eigenvalue weighted by Gasteiger charge is -2.08. The van der Waals surface area contributed by atoms with Crippen LogP contribution in [0.25, 0.3) is 0 Å². The second-order valence-electron chi connectivity index (χ2n) is 6.67. The number of hydrogen-bond acceptors (Lipinski definition) is 5. The molecule has 0 saturated heterocycles. The van der Waals surface area contributed by atoms with E-state index < -0.39 is 6.04 Å². The first kappa shape index (κ1) is 19.2. The lowest BCUT2D eigenvalue weighted by atomic mass is 10.2. The molecule has 0 saturated carbocycles. The van der Waals surface area contributed by atoms with Crippen molar-refractivity contribution in [2.75, 3.05) is 10.6 Å². The summed E-state index contributed by atoms with van der Waals surface area (Å²) < 4.78 is 5.76. The number of amides is 2. The van der Waals surface area contributed by atoms with Gasteiger partial charge < -0.3 is 15.4 Å². The Bertz CT molecular complexity index is 1050. The number of nitrogens with zero attached hydrogens (tertiary/aromatic N) is 1. The van der Waals surface area contributed by atoms with E-state index >= 15 is 0 Å². The topological polar surface area (TPSA) is 91.8 Å². The minimum atomic E-state index is -0.767. The fourth-order valence-electron chi connectivity index (χ4n) is 2.93. The molecule has 3 N–H and O–H groups in total. The second-order valence-corrected chi connectivity index (χ2v) is 6.67. The zero-order valence-electron chi connectivity index (χ0n) is 16.0. The van der Waals surface area contributed by atoms with Crippen molar-refractivity contribution in [2.24, 2.45) is 4.99 Å². The van der Waals surface area contributed by atoms with Crippen molar-refractivity contribution in [2.45, 2.75) is 12.5 Å². The number of hydrogen-bond donors (Lipinski definition) is 3. The van der Waals surface area contributed by atoms with Crippen LogP contribution in [0, 0.1) is 0 Å². The van der Waals surface area contributed by atoms with E-state index in [1.165, 1.54) is 0 Å². The lowest BCUT2D eigenvalue weighted by Crippen LogP contribution is -2.33. The number of carbonyl (C=O) groups is 2. The van der Waals surface area contributed by atoms with E-state index in [4.69, 9.17) is 4.74 Å². The molecule has 1 atom stereocenters. The van der Waals surface area contributed by atoms with E-state index in [1.54, 1.807) is 12.1 Å². The van der Waals surface area contributed by atoms with Crippen LogP contribution in [0.4, 0.5) is 11.4 Å². The van der Waals surface area contributed by atoms with Gasteiger partial charge in [0.25, 0.3) is 5.91 Å². The highest BCUT2D eigenvalue weighted by Crippen LogP contribution is 2.23. The summed E-state index contributed by atoms with van der Waals surface area (Å²) >= 11 is 0. The predicted molar refractivity (Wildman–Crippen MR) is 116 cm³/mol. The molecule has 1 aliphatic rings. The van der Waals surface area contributed by atoms with Gasteiger partial charge in [-0.3, -0.25) is 14.9 Å². The Hall–Kier alpha value is -4.13. The first-order valence-corrected chi connectivity index (χ1v) is 9.49. The van der Waals surface area contributed by atoms with Gasteiger partial charge >= 0.3 is 0 Å². The summed E-state index contributed by atoms with van der Waals surface area (Å²) in [4.78, 5) is 28.6. The maximum Gasteiger partial charge on any atom is 0.252 e. The molecule has 150 valence electrons. The summed E-state index contributed by atoms with van der Waals surface area (Å²) in [7, 11) is 0. The number of carbonyl (C=O) groups excluding carboxylic acids is 2. The monoisotopic (exact) mass is 400 g/mol. The smallest absolute Gasteiger partial charge is 0.252 e. The van der Waals surface area contributed by atoms with Crippen LogP contribution >= 0.6 is 0 Å². The van der Waals surface area contributed by atoms with Gasteiger partial charge in [0, 0.05) is 11.4 Å². The third kappa shape index (κ3) is 5.02. The average Bonchev–Trinajstić information content (AvgIpc) is 3.09. The van der Waals surface area contributed by atoms with Crippen LogP contribution in [0.3, 0.4) is 0 Å². The summed E-state index contributed by atoms with van der Waals surface area (Å²) in [6.07, 6.45) is -0.0320. The molecule has 30 heavy (non-hydrogen) atoms. The molecular weight excluding hydrogens is 380 g/mol. The first-order valence-electron chi connectivity index (χ1n) is 9.49. The standard InChI is InChI=1S/C23H20N4O3/c28-21(24-16-7-3-1-4-8-16)15-20-22(29)27-23(26-20)25-17-11-13-19(14-12-17)30-18-9-5-2-6-10-18/h1-14,20H,15H2,(H,24,28)(H2,25,26,27,29)/t20-/m1/s1. The van der Waals surface area contributed by atoms with Crippen LogP contribution < -0.4 is 20.7 Å². The lowest BCUT2D eigenvalue weighted by molar-refractivity contribution is -0.123. The van der Waals surface area contributed by atoms with Crippen LogP contribution in [0.15, 0.2) is 89.9 Å². The molecule has 0 aliphatic carbocycles. The zero-order valence-corrected chi connectivity index (χ0v) is 16.0. The number of ether oxygens (including phenoxy) is 1. The highest BCUT2D eigenvalue weighted by Gasteiger charge is 2.28. The van der Waals surface area contributed by atoms with E-state index in [9.17, 15) is 9.59 Å². The Morgan fingerprint density at radius 2 is 1.50 bits per heavy atom. The Morgan fingerprint density at radius 3 is 2.20 bits per heavy atom. The summed E-state index contributed by atoms with van der Waals surface area (Å²) in [5.74, 6) is 1.18. The Labute approximate surface area is 173 Å². The minimum Gasteiger partial charge on any atom is -0.457 e. The van der Waals surface area contributed by atoms with Crippen LogP contribution in [-0.4, -0.2) is 23.8 Å². The maximum absolute atomic E-state index is 12.2. The van der Waals surface area contributed by atoms with Gasteiger partial charge in [0.05, 0.1) is 6.42 Å². The fraction of sp³-hybridized carbons (Fsp3) is 0.0870. The molecule has 4 rings (SSSR count). The van der Waals surface area contributed by atoms with Crippen LogP contribution in [0.1, 0.15) is 6.42 Å². The minimum absolute atomic E-state index is 0.0320. The number of aliphatic imine (C=N–C) groups is 1. The number of rotatable bonds is 6. The highest BCUT2D eigenvalue weighted by molar-refractivity contribution is 6.11. The highest BCUT2D eigenvalue weighted by atomic mass is 16.5. The van der Waals surface area contributed by atoms with Crippen molar-refractivity contribution < 1.29 is 14.3 Å². The molecule has 7 nitrogen and oxygen atoms in total. The largest absolute Gasteiger partial charge is 0.457 e. The maximum atomic E-state index is 12.2. The fourth-order valence-corrected chi connectivity index (χ4v) is 2.93. The van der Waals surface area contributed by atoms with Crippen molar-refractivity contribution in [3.8, 4) is 11.5 Å².